The van der Waals surface area contributed by atoms with Gasteiger partial charge in [0.1, 0.15) is 0 Å². The fourth-order valence-electron chi connectivity index (χ4n) is 6.02. The summed E-state index contributed by atoms with van der Waals surface area (Å²) in [4.78, 5) is 27.1. The lowest BCUT2D eigenvalue weighted by molar-refractivity contribution is -0.119. The van der Waals surface area contributed by atoms with E-state index in [9.17, 15) is 9.90 Å². The highest BCUT2D eigenvalue weighted by atomic mass is 35.5. The molecule has 6 rings (SSSR count). The van der Waals surface area contributed by atoms with Crippen molar-refractivity contribution in [3.05, 3.63) is 82.4 Å². The molecule has 12 heteroatoms. The van der Waals surface area contributed by atoms with Crippen LogP contribution in [0.4, 0.5) is 15.9 Å². The van der Waals surface area contributed by atoms with Crippen molar-refractivity contribution in [3.8, 4) is 28.4 Å². The van der Waals surface area contributed by atoms with Gasteiger partial charge < -0.3 is 25.8 Å². The van der Waals surface area contributed by atoms with E-state index < -0.39 is 5.82 Å². The average molecular weight is 646 g/mol. The van der Waals surface area contributed by atoms with Crippen LogP contribution in [0.25, 0.3) is 22.5 Å². The van der Waals surface area contributed by atoms with Crippen LogP contribution in [0.2, 0.25) is 5.02 Å². The van der Waals surface area contributed by atoms with Crippen LogP contribution in [0.15, 0.2) is 54.9 Å². The first-order valence-electron chi connectivity index (χ1n) is 15.4. The third kappa shape index (κ3) is 6.97. The molecule has 4 aromatic rings. The number of likely N-dealkylation sites (tertiary alicyclic amines) is 1. The van der Waals surface area contributed by atoms with E-state index in [4.69, 9.17) is 21.3 Å². The van der Waals surface area contributed by atoms with Crippen LogP contribution < -0.4 is 20.7 Å². The smallest absolute Gasteiger partial charge is 0.220 e. The molecule has 240 valence electrons. The first-order chi connectivity index (χ1) is 22.3. The minimum atomic E-state index is -0.421. The molecule has 1 aromatic carbocycles. The normalized spacial score (nSPS) is 18.2. The van der Waals surface area contributed by atoms with Gasteiger partial charge in [-0.15, -0.1) is 0 Å². The molecule has 0 spiro atoms. The van der Waals surface area contributed by atoms with Crippen molar-refractivity contribution in [2.24, 2.45) is 0 Å². The van der Waals surface area contributed by atoms with Gasteiger partial charge >= 0.3 is 0 Å². The molecule has 2 unspecified atom stereocenters. The molecule has 3 aromatic heterocycles. The van der Waals surface area contributed by atoms with Crippen molar-refractivity contribution in [1.29, 1.82) is 0 Å². The number of hydrogen-bond donors (Lipinski definition) is 4. The van der Waals surface area contributed by atoms with E-state index in [1.165, 1.54) is 0 Å². The highest BCUT2D eigenvalue weighted by Gasteiger charge is 2.23. The Bertz CT molecular complexity index is 1740. The van der Waals surface area contributed by atoms with Gasteiger partial charge in [-0.2, -0.15) is 0 Å². The number of hydrogen-bond acceptors (Lipinski definition) is 9. The molecule has 10 nitrogen and oxygen atoms in total. The molecular weight excluding hydrogens is 609 g/mol. The van der Waals surface area contributed by atoms with E-state index in [1.54, 1.807) is 25.6 Å². The number of ether oxygens (including phenoxy) is 1. The number of methoxy groups -OCH3 is 1. The van der Waals surface area contributed by atoms with Crippen LogP contribution >= 0.6 is 11.6 Å². The van der Waals surface area contributed by atoms with Crippen molar-refractivity contribution < 1.29 is 19.0 Å². The van der Waals surface area contributed by atoms with Gasteiger partial charge in [-0.1, -0.05) is 29.8 Å². The number of amides is 1. The van der Waals surface area contributed by atoms with Crippen LogP contribution in [0.5, 0.6) is 5.88 Å². The molecule has 0 saturated carbocycles. The van der Waals surface area contributed by atoms with Crippen LogP contribution in [0, 0.1) is 12.7 Å². The number of carbonyl (C=O) groups excluding carboxylic acids is 1. The molecule has 2 saturated heterocycles. The first kappa shape index (κ1) is 31.8. The Morgan fingerprint density at radius 2 is 1.96 bits per heavy atom. The highest BCUT2D eigenvalue weighted by Crippen LogP contribution is 2.38. The Hall–Kier alpha value is -4.16. The fourth-order valence-corrected chi connectivity index (χ4v) is 6.33. The Morgan fingerprint density at radius 1 is 1.11 bits per heavy atom. The third-order valence-electron chi connectivity index (χ3n) is 8.54. The average Bonchev–Trinajstić information content (AvgIpc) is 3.67. The number of benzene rings is 1. The molecule has 2 fully saturated rings. The predicted octanol–water partition coefficient (Wildman–Crippen LogP) is 4.99. The number of β-amino-alcohol motifs (C(OH)–C–C–N with tert-alkyl or cyclic N) is 1. The molecule has 4 N–H and O–H groups in total. The Balaban J connectivity index is 1.21. The molecule has 2 atom stereocenters. The van der Waals surface area contributed by atoms with Gasteiger partial charge in [0.25, 0.3) is 0 Å². The zero-order valence-corrected chi connectivity index (χ0v) is 26.6. The summed E-state index contributed by atoms with van der Waals surface area (Å²) in [5.41, 5.74) is 5.60. The number of aliphatic hydroxyl groups is 1. The van der Waals surface area contributed by atoms with Gasteiger partial charge in [-0.25, -0.2) is 14.4 Å². The molecule has 2 aliphatic rings. The molecule has 46 heavy (non-hydrogen) atoms. The summed E-state index contributed by atoms with van der Waals surface area (Å²) in [7, 11) is 1.58. The number of aliphatic hydroxyl groups excluding tert-OH is 1. The van der Waals surface area contributed by atoms with E-state index in [1.807, 2.05) is 48.2 Å². The summed E-state index contributed by atoms with van der Waals surface area (Å²) in [6.45, 7) is 4.80. The zero-order valence-electron chi connectivity index (χ0n) is 25.8. The number of pyridine rings is 3. The molecule has 0 aliphatic carbocycles. The Labute approximate surface area is 272 Å². The Morgan fingerprint density at radius 3 is 2.72 bits per heavy atom. The summed E-state index contributed by atoms with van der Waals surface area (Å²) in [5, 5.41) is 19.8. The summed E-state index contributed by atoms with van der Waals surface area (Å²) < 4.78 is 21.1. The topological polar surface area (TPSA) is 125 Å². The van der Waals surface area contributed by atoms with Crippen molar-refractivity contribution in [1.82, 2.24) is 30.5 Å². The second-order valence-corrected chi connectivity index (χ2v) is 12.1. The van der Waals surface area contributed by atoms with Gasteiger partial charge in [0.05, 0.1) is 29.6 Å². The SMILES string of the molecule is COc1nc(-c2ccnc(-c3cccc(Nc4nccc(CN5CCC(O)C5)c4F)c3C)c2Cl)ccc1CNCC1CCC(=O)N1. The number of nitrogens with zero attached hydrogens (tertiary/aromatic N) is 4. The van der Waals surface area contributed by atoms with Crippen LogP contribution in [-0.4, -0.2) is 69.8 Å². The minimum absolute atomic E-state index is 0.0916. The molecular formula is C34H37ClFN7O3. The second kappa shape index (κ2) is 14.1. The lowest BCUT2D eigenvalue weighted by atomic mass is 10.0. The van der Waals surface area contributed by atoms with E-state index in [0.29, 0.717) is 78.1 Å². The van der Waals surface area contributed by atoms with Crippen molar-refractivity contribution in [3.63, 3.8) is 0 Å². The number of carbonyl (C=O) groups is 1. The number of halogens is 2. The predicted molar refractivity (Wildman–Crippen MR) is 175 cm³/mol. The minimum Gasteiger partial charge on any atom is -0.481 e. The lowest BCUT2D eigenvalue weighted by Crippen LogP contribution is -2.35. The van der Waals surface area contributed by atoms with Crippen LogP contribution in [0.3, 0.4) is 0 Å². The van der Waals surface area contributed by atoms with Gasteiger partial charge in [-0.3, -0.25) is 14.7 Å². The third-order valence-corrected chi connectivity index (χ3v) is 8.92. The summed E-state index contributed by atoms with van der Waals surface area (Å²) >= 11 is 7.00. The number of rotatable bonds is 11. The van der Waals surface area contributed by atoms with Crippen molar-refractivity contribution in [2.45, 2.75) is 51.4 Å². The first-order valence-corrected chi connectivity index (χ1v) is 15.8. The maximum atomic E-state index is 15.5. The maximum Gasteiger partial charge on any atom is 0.220 e. The van der Waals surface area contributed by atoms with Gasteiger partial charge in [0.2, 0.25) is 11.8 Å². The molecule has 0 bridgehead atoms. The van der Waals surface area contributed by atoms with E-state index in [2.05, 4.69) is 25.9 Å². The standard InChI is InChI=1S/C34H37ClFN7O3/c1-20-25(4-3-5-27(20)41-33-31(36)22(10-13-39-33)18-43-15-12-24(44)19-43)32-30(35)26(11-14-38-32)28-8-6-21(34(42-28)46-2)16-37-17-23-7-9-29(45)40-23/h3-6,8,10-11,13-14,23-24,37,44H,7,9,12,15-19H2,1-2H3,(H,39,41)(H,40,45). The lowest BCUT2D eigenvalue weighted by Gasteiger charge is -2.18. The molecule has 0 radical (unpaired) electrons. The van der Waals surface area contributed by atoms with Crippen molar-refractivity contribution in [2.75, 3.05) is 32.1 Å². The molecule has 5 heterocycles. The second-order valence-electron chi connectivity index (χ2n) is 11.7. The maximum absolute atomic E-state index is 15.5. The van der Waals surface area contributed by atoms with Crippen molar-refractivity contribution >= 4 is 29.0 Å². The van der Waals surface area contributed by atoms with Gasteiger partial charge in [0, 0.05) is 85.5 Å². The monoisotopic (exact) mass is 645 g/mol. The van der Waals surface area contributed by atoms with E-state index in [0.717, 1.165) is 29.7 Å². The fraction of sp³-hybridized carbons (Fsp3) is 0.353. The van der Waals surface area contributed by atoms with E-state index >= 15 is 4.39 Å². The quantitative estimate of drug-likeness (QED) is 0.179. The van der Waals surface area contributed by atoms with Crippen LogP contribution in [0.1, 0.15) is 36.0 Å². The largest absolute Gasteiger partial charge is 0.481 e. The summed E-state index contributed by atoms with van der Waals surface area (Å²) in [6, 6.07) is 13.1. The number of nitrogens with one attached hydrogen (secondary N) is 3. The van der Waals surface area contributed by atoms with E-state index in [-0.39, 0.29) is 23.9 Å². The highest BCUT2D eigenvalue weighted by molar-refractivity contribution is 6.35. The van der Waals surface area contributed by atoms with Gasteiger partial charge in [0.15, 0.2) is 11.6 Å². The Kier molecular flexibility index (Phi) is 9.74. The molecule has 1 amide bonds. The zero-order chi connectivity index (χ0) is 32.2. The number of aromatic nitrogens is 3. The number of anilines is 2. The molecule has 2 aliphatic heterocycles. The summed E-state index contributed by atoms with van der Waals surface area (Å²) in [5.74, 6) is 0.281. The summed E-state index contributed by atoms with van der Waals surface area (Å²) in [6.07, 6.45) is 4.99. The van der Waals surface area contributed by atoms with Crippen LogP contribution in [-0.2, 0) is 17.9 Å². The van der Waals surface area contributed by atoms with Gasteiger partial charge in [-0.05, 0) is 49.6 Å².